The van der Waals surface area contributed by atoms with Gasteiger partial charge in [0, 0.05) is 39.8 Å². The molecule has 7 heteroatoms. The number of aliphatic imine (C=N–C) groups is 1. The quantitative estimate of drug-likeness (QED) is 0.432. The highest BCUT2D eigenvalue weighted by atomic mass is 16.2. The molecule has 0 bridgehead atoms. The zero-order chi connectivity index (χ0) is 21.8. The first-order valence-corrected chi connectivity index (χ1v) is 10.1. The Morgan fingerprint density at radius 2 is 1.53 bits per heavy atom. The van der Waals surface area contributed by atoms with Crippen molar-refractivity contribution >= 4 is 17.8 Å². The lowest BCUT2D eigenvalue weighted by atomic mass is 10.1. The van der Waals surface area contributed by atoms with Gasteiger partial charge < -0.3 is 20.9 Å². The molecule has 30 heavy (non-hydrogen) atoms. The Kier molecular flexibility index (Phi) is 9.37. The van der Waals surface area contributed by atoms with Gasteiger partial charge in [0.2, 0.25) is 5.91 Å². The Morgan fingerprint density at radius 1 is 0.900 bits per heavy atom. The molecule has 7 nitrogen and oxygen atoms in total. The predicted molar refractivity (Wildman–Crippen MR) is 121 cm³/mol. The van der Waals surface area contributed by atoms with Gasteiger partial charge in [-0.2, -0.15) is 0 Å². The summed E-state index contributed by atoms with van der Waals surface area (Å²) < 4.78 is 0. The average Bonchev–Trinajstić information content (AvgIpc) is 2.77. The van der Waals surface area contributed by atoms with Crippen molar-refractivity contribution < 1.29 is 9.59 Å². The Hall–Kier alpha value is -3.35. The molecule has 2 rings (SSSR count). The summed E-state index contributed by atoms with van der Waals surface area (Å²) in [5, 5.41) is 9.21. The van der Waals surface area contributed by atoms with Crippen molar-refractivity contribution in [2.75, 3.05) is 40.8 Å². The zero-order valence-electron chi connectivity index (χ0n) is 17.9. The summed E-state index contributed by atoms with van der Waals surface area (Å²) in [5.41, 5.74) is 2.93. The second kappa shape index (κ2) is 12.3. The second-order valence-corrected chi connectivity index (χ2v) is 7.07. The van der Waals surface area contributed by atoms with Crippen LogP contribution in [0.1, 0.15) is 21.5 Å². The van der Waals surface area contributed by atoms with Crippen LogP contribution in [0.2, 0.25) is 0 Å². The molecule has 2 aromatic rings. The summed E-state index contributed by atoms with van der Waals surface area (Å²) in [6, 6.07) is 17.7. The fourth-order valence-electron chi connectivity index (χ4n) is 2.77. The molecule has 2 amide bonds. The van der Waals surface area contributed by atoms with Crippen LogP contribution in [0.25, 0.3) is 0 Å². The van der Waals surface area contributed by atoms with E-state index in [0.717, 1.165) is 18.4 Å². The number of nitrogens with one attached hydrogen (secondary N) is 3. The highest BCUT2D eigenvalue weighted by molar-refractivity contribution is 5.94. The van der Waals surface area contributed by atoms with Crippen LogP contribution in [0, 0.1) is 0 Å². The lowest BCUT2D eigenvalue weighted by molar-refractivity contribution is -0.127. The van der Waals surface area contributed by atoms with Gasteiger partial charge in [-0.15, -0.1) is 0 Å². The summed E-state index contributed by atoms with van der Waals surface area (Å²) in [4.78, 5) is 29.6. The molecule has 0 heterocycles. The van der Waals surface area contributed by atoms with Gasteiger partial charge in [0.25, 0.3) is 5.91 Å². The summed E-state index contributed by atoms with van der Waals surface area (Å²) in [7, 11) is 5.05. The van der Waals surface area contributed by atoms with Gasteiger partial charge in [-0.1, -0.05) is 42.5 Å². The summed E-state index contributed by atoms with van der Waals surface area (Å²) >= 11 is 0. The number of amides is 2. The van der Waals surface area contributed by atoms with Crippen molar-refractivity contribution in [2.24, 2.45) is 4.99 Å². The van der Waals surface area contributed by atoms with Crippen molar-refractivity contribution in [1.82, 2.24) is 20.9 Å². The molecular weight excluding hydrogens is 378 g/mol. The molecule has 0 aliphatic rings. The molecule has 0 atom stereocenters. The molecule has 0 radical (unpaired) electrons. The molecule has 0 aliphatic carbocycles. The molecule has 2 aromatic carbocycles. The highest BCUT2D eigenvalue weighted by Gasteiger charge is 2.06. The minimum Gasteiger partial charge on any atom is -0.356 e. The average molecular weight is 410 g/mol. The maximum Gasteiger partial charge on any atom is 0.251 e. The van der Waals surface area contributed by atoms with Crippen LogP contribution in [0.4, 0.5) is 0 Å². The van der Waals surface area contributed by atoms with E-state index in [2.05, 4.69) is 33.1 Å². The zero-order valence-corrected chi connectivity index (χ0v) is 17.9. The first-order chi connectivity index (χ1) is 14.5. The monoisotopic (exact) mass is 409 g/mol. The Bertz CT molecular complexity index is 850. The van der Waals surface area contributed by atoms with Crippen LogP contribution in [0.15, 0.2) is 59.6 Å². The number of hydrogen-bond donors (Lipinski definition) is 3. The standard InChI is InChI=1S/C23H31N5O2/c1-24-22(30)20-11-7-10-19(16-20)13-15-26-23(27-17-21(29)28(2)3)25-14-12-18-8-5-4-6-9-18/h4-11,16H,12-15,17H2,1-3H3,(H,24,30)(H2,25,26,27). The predicted octanol–water partition coefficient (Wildman–Crippen LogP) is 1.45. The Balaban J connectivity index is 1.92. The van der Waals surface area contributed by atoms with E-state index >= 15 is 0 Å². The van der Waals surface area contributed by atoms with Gasteiger partial charge in [0.05, 0.1) is 0 Å². The van der Waals surface area contributed by atoms with Gasteiger partial charge in [-0.3, -0.25) is 9.59 Å². The van der Waals surface area contributed by atoms with E-state index in [-0.39, 0.29) is 18.4 Å². The van der Waals surface area contributed by atoms with E-state index in [4.69, 9.17) is 0 Å². The summed E-state index contributed by atoms with van der Waals surface area (Å²) in [5.74, 6) is 0.442. The molecule has 0 aliphatic heterocycles. The van der Waals surface area contributed by atoms with Gasteiger partial charge in [0.1, 0.15) is 6.54 Å². The number of hydrogen-bond acceptors (Lipinski definition) is 3. The van der Waals surface area contributed by atoms with Crippen molar-refractivity contribution in [3.05, 3.63) is 71.3 Å². The molecule has 0 aromatic heterocycles. The van der Waals surface area contributed by atoms with E-state index in [1.54, 1.807) is 27.2 Å². The number of guanidine groups is 1. The lowest BCUT2D eigenvalue weighted by Crippen LogP contribution is -2.40. The van der Waals surface area contributed by atoms with Crippen LogP contribution in [0.3, 0.4) is 0 Å². The van der Waals surface area contributed by atoms with Crippen molar-refractivity contribution in [2.45, 2.75) is 12.8 Å². The van der Waals surface area contributed by atoms with Gasteiger partial charge in [0.15, 0.2) is 5.96 Å². The van der Waals surface area contributed by atoms with Crippen molar-refractivity contribution in [3.63, 3.8) is 0 Å². The third kappa shape index (κ3) is 7.95. The molecule has 160 valence electrons. The van der Waals surface area contributed by atoms with Gasteiger partial charge in [-0.05, 0) is 36.1 Å². The maximum absolute atomic E-state index is 11.9. The first-order valence-electron chi connectivity index (χ1n) is 10.1. The normalized spacial score (nSPS) is 11.0. The molecular formula is C23H31N5O2. The van der Waals surface area contributed by atoms with E-state index in [1.165, 1.54) is 10.5 Å². The maximum atomic E-state index is 11.9. The van der Waals surface area contributed by atoms with Crippen LogP contribution < -0.4 is 16.0 Å². The second-order valence-electron chi connectivity index (χ2n) is 7.07. The number of rotatable bonds is 9. The third-order valence-corrected chi connectivity index (χ3v) is 4.54. The van der Waals surface area contributed by atoms with Crippen LogP contribution in [-0.4, -0.2) is 63.5 Å². The van der Waals surface area contributed by atoms with Gasteiger partial charge >= 0.3 is 0 Å². The molecule has 3 N–H and O–H groups in total. The number of carbonyl (C=O) groups excluding carboxylic acids is 2. The minimum absolute atomic E-state index is 0.0579. The smallest absolute Gasteiger partial charge is 0.251 e. The van der Waals surface area contributed by atoms with E-state index < -0.39 is 0 Å². The molecule has 0 spiro atoms. The Morgan fingerprint density at radius 3 is 2.17 bits per heavy atom. The Labute approximate surface area is 178 Å². The number of likely N-dealkylation sites (N-methyl/N-ethyl adjacent to an activating group) is 1. The molecule has 0 fully saturated rings. The molecule has 0 saturated heterocycles. The lowest BCUT2D eigenvalue weighted by Gasteiger charge is -2.14. The molecule has 0 saturated carbocycles. The van der Waals surface area contributed by atoms with Crippen molar-refractivity contribution in [3.8, 4) is 0 Å². The highest BCUT2D eigenvalue weighted by Crippen LogP contribution is 2.05. The fourth-order valence-corrected chi connectivity index (χ4v) is 2.77. The third-order valence-electron chi connectivity index (χ3n) is 4.54. The topological polar surface area (TPSA) is 85.8 Å². The number of carbonyl (C=O) groups is 2. The summed E-state index contributed by atoms with van der Waals surface area (Å²) in [6.45, 7) is 1.42. The minimum atomic E-state index is -0.100. The van der Waals surface area contributed by atoms with E-state index in [1.807, 2.05) is 36.4 Å². The van der Waals surface area contributed by atoms with Crippen LogP contribution in [-0.2, 0) is 17.6 Å². The summed E-state index contributed by atoms with van der Waals surface area (Å²) in [6.07, 6.45) is 1.59. The van der Waals surface area contributed by atoms with Crippen LogP contribution >= 0.6 is 0 Å². The van der Waals surface area contributed by atoms with E-state index in [0.29, 0.717) is 24.6 Å². The van der Waals surface area contributed by atoms with Crippen LogP contribution in [0.5, 0.6) is 0 Å². The van der Waals surface area contributed by atoms with Gasteiger partial charge in [-0.25, -0.2) is 4.99 Å². The SMILES string of the molecule is CNC(=O)c1cccc(CCNC(=NCC(=O)N(C)C)NCCc2ccccc2)c1. The van der Waals surface area contributed by atoms with Crippen molar-refractivity contribution in [1.29, 1.82) is 0 Å². The first kappa shape index (κ1) is 22.9. The number of nitrogens with zero attached hydrogens (tertiary/aromatic N) is 2. The largest absolute Gasteiger partial charge is 0.356 e. The fraction of sp³-hybridized carbons (Fsp3) is 0.348. The van der Waals surface area contributed by atoms with E-state index in [9.17, 15) is 9.59 Å². The molecule has 0 unspecified atom stereocenters. The number of benzene rings is 2.